The zero-order chi connectivity index (χ0) is 14.0. The van der Waals surface area contributed by atoms with Crippen molar-refractivity contribution >= 4 is 11.5 Å². The minimum absolute atomic E-state index is 0.135. The van der Waals surface area contributed by atoms with Gasteiger partial charge in [-0.05, 0) is 44.0 Å². The predicted molar refractivity (Wildman–Crippen MR) is 79.4 cm³/mol. The molecule has 2 nitrogen and oxygen atoms in total. The molecule has 2 rings (SSSR count). The molecule has 2 N–H and O–H groups in total. The standard InChI is InChI=1S/C17H19NO/c1-12-6-4-5-7-15(12)16(19)17(2,3)13-8-10-14(18)11-9-13/h4-11H,18H2,1-3H3. The molecule has 0 unspecified atom stereocenters. The Labute approximate surface area is 114 Å². The minimum atomic E-state index is -0.556. The maximum atomic E-state index is 12.7. The van der Waals surface area contributed by atoms with Crippen molar-refractivity contribution in [1.29, 1.82) is 0 Å². The van der Waals surface area contributed by atoms with E-state index in [1.807, 2.05) is 69.3 Å². The SMILES string of the molecule is Cc1ccccc1C(=O)C(C)(C)c1ccc(N)cc1. The predicted octanol–water partition coefficient (Wildman–Crippen LogP) is 3.74. The molecule has 0 aliphatic rings. The Kier molecular flexibility index (Phi) is 3.43. The highest BCUT2D eigenvalue weighted by atomic mass is 16.1. The maximum absolute atomic E-state index is 12.7. The van der Waals surface area contributed by atoms with Crippen molar-refractivity contribution in [2.75, 3.05) is 5.73 Å². The van der Waals surface area contributed by atoms with Gasteiger partial charge in [-0.3, -0.25) is 4.79 Å². The summed E-state index contributed by atoms with van der Waals surface area (Å²) >= 11 is 0. The maximum Gasteiger partial charge on any atom is 0.173 e. The van der Waals surface area contributed by atoms with Crippen LogP contribution in [0.2, 0.25) is 0 Å². The molecule has 19 heavy (non-hydrogen) atoms. The van der Waals surface area contributed by atoms with Gasteiger partial charge in [0, 0.05) is 11.3 Å². The molecule has 0 aromatic heterocycles. The normalized spacial score (nSPS) is 11.3. The molecule has 0 spiro atoms. The number of anilines is 1. The van der Waals surface area contributed by atoms with Gasteiger partial charge in [0.1, 0.15) is 0 Å². The minimum Gasteiger partial charge on any atom is -0.399 e. The van der Waals surface area contributed by atoms with Gasteiger partial charge in [0.05, 0.1) is 5.41 Å². The number of hydrogen-bond acceptors (Lipinski definition) is 2. The Bertz CT molecular complexity index is 597. The van der Waals surface area contributed by atoms with E-state index in [0.717, 1.165) is 16.7 Å². The second-order valence-electron chi connectivity index (χ2n) is 5.39. The quantitative estimate of drug-likeness (QED) is 0.669. The Morgan fingerprint density at radius 2 is 1.58 bits per heavy atom. The van der Waals surface area contributed by atoms with E-state index in [2.05, 4.69) is 0 Å². The average Bonchev–Trinajstić information content (AvgIpc) is 2.39. The van der Waals surface area contributed by atoms with Gasteiger partial charge in [-0.15, -0.1) is 0 Å². The fraction of sp³-hybridized carbons (Fsp3) is 0.235. The number of nitrogen functional groups attached to an aromatic ring is 1. The first-order valence-corrected chi connectivity index (χ1v) is 6.39. The molecular formula is C17H19NO. The van der Waals surface area contributed by atoms with Gasteiger partial charge in [0.25, 0.3) is 0 Å². The topological polar surface area (TPSA) is 43.1 Å². The lowest BCUT2D eigenvalue weighted by Gasteiger charge is -2.24. The number of ketones is 1. The van der Waals surface area contributed by atoms with E-state index >= 15 is 0 Å². The van der Waals surface area contributed by atoms with Crippen LogP contribution in [0.5, 0.6) is 0 Å². The molecule has 0 aliphatic heterocycles. The lowest BCUT2D eigenvalue weighted by molar-refractivity contribution is 0.0908. The van der Waals surface area contributed by atoms with E-state index in [1.165, 1.54) is 0 Å². The van der Waals surface area contributed by atoms with Crippen molar-refractivity contribution in [1.82, 2.24) is 0 Å². The fourth-order valence-electron chi connectivity index (χ4n) is 2.20. The first kappa shape index (κ1) is 13.3. The molecule has 0 radical (unpaired) electrons. The number of Topliss-reactive ketones (excluding diaryl/α,β-unsaturated/α-hetero) is 1. The van der Waals surface area contributed by atoms with Crippen molar-refractivity contribution < 1.29 is 4.79 Å². The van der Waals surface area contributed by atoms with E-state index in [-0.39, 0.29) is 5.78 Å². The van der Waals surface area contributed by atoms with Crippen LogP contribution in [0.4, 0.5) is 5.69 Å². The second kappa shape index (κ2) is 4.88. The molecular weight excluding hydrogens is 234 g/mol. The lowest BCUT2D eigenvalue weighted by atomic mass is 9.77. The lowest BCUT2D eigenvalue weighted by Crippen LogP contribution is -2.29. The summed E-state index contributed by atoms with van der Waals surface area (Å²) in [6, 6.07) is 15.2. The molecule has 98 valence electrons. The van der Waals surface area contributed by atoms with E-state index in [1.54, 1.807) is 0 Å². The van der Waals surface area contributed by atoms with E-state index in [0.29, 0.717) is 5.69 Å². The van der Waals surface area contributed by atoms with Gasteiger partial charge in [0.15, 0.2) is 5.78 Å². The Morgan fingerprint density at radius 1 is 1.00 bits per heavy atom. The molecule has 0 fully saturated rings. The number of carbonyl (C=O) groups is 1. The van der Waals surface area contributed by atoms with Crippen molar-refractivity contribution in [2.45, 2.75) is 26.2 Å². The van der Waals surface area contributed by atoms with Crippen molar-refractivity contribution in [3.63, 3.8) is 0 Å². The first-order chi connectivity index (χ1) is 8.93. The van der Waals surface area contributed by atoms with Crippen LogP contribution < -0.4 is 5.73 Å². The number of rotatable bonds is 3. The van der Waals surface area contributed by atoms with Gasteiger partial charge in [-0.1, -0.05) is 36.4 Å². The highest BCUT2D eigenvalue weighted by Crippen LogP contribution is 2.29. The zero-order valence-electron chi connectivity index (χ0n) is 11.6. The largest absolute Gasteiger partial charge is 0.399 e. The first-order valence-electron chi connectivity index (χ1n) is 6.39. The molecule has 2 heteroatoms. The van der Waals surface area contributed by atoms with Crippen LogP contribution in [0, 0.1) is 6.92 Å². The highest BCUT2D eigenvalue weighted by molar-refractivity contribution is 6.04. The molecule has 0 bridgehead atoms. The monoisotopic (exact) mass is 253 g/mol. The smallest absolute Gasteiger partial charge is 0.173 e. The summed E-state index contributed by atoms with van der Waals surface area (Å²) in [5.74, 6) is 0.135. The number of benzene rings is 2. The summed E-state index contributed by atoms with van der Waals surface area (Å²) in [5.41, 5.74) is 8.63. The van der Waals surface area contributed by atoms with Crippen LogP contribution in [-0.4, -0.2) is 5.78 Å². The molecule has 2 aromatic rings. The van der Waals surface area contributed by atoms with Crippen molar-refractivity contribution in [3.05, 3.63) is 65.2 Å². The summed E-state index contributed by atoms with van der Waals surface area (Å²) in [6.45, 7) is 5.87. The Morgan fingerprint density at radius 3 is 2.16 bits per heavy atom. The van der Waals surface area contributed by atoms with Crippen LogP contribution in [0.15, 0.2) is 48.5 Å². The zero-order valence-corrected chi connectivity index (χ0v) is 11.6. The summed E-state index contributed by atoms with van der Waals surface area (Å²) in [5, 5.41) is 0. The van der Waals surface area contributed by atoms with Crippen LogP contribution >= 0.6 is 0 Å². The Hall–Kier alpha value is -2.09. The number of hydrogen-bond donors (Lipinski definition) is 1. The number of nitrogens with two attached hydrogens (primary N) is 1. The third kappa shape index (κ3) is 2.53. The van der Waals surface area contributed by atoms with Crippen LogP contribution in [0.25, 0.3) is 0 Å². The van der Waals surface area contributed by atoms with Gasteiger partial charge >= 0.3 is 0 Å². The summed E-state index contributed by atoms with van der Waals surface area (Å²) in [6.07, 6.45) is 0. The Balaban J connectivity index is 2.42. The van der Waals surface area contributed by atoms with Crippen LogP contribution in [0.3, 0.4) is 0 Å². The summed E-state index contributed by atoms with van der Waals surface area (Å²) in [7, 11) is 0. The van der Waals surface area contributed by atoms with Gasteiger partial charge in [-0.2, -0.15) is 0 Å². The van der Waals surface area contributed by atoms with Gasteiger partial charge < -0.3 is 5.73 Å². The van der Waals surface area contributed by atoms with Gasteiger partial charge in [-0.25, -0.2) is 0 Å². The van der Waals surface area contributed by atoms with Crippen molar-refractivity contribution in [2.24, 2.45) is 0 Å². The van der Waals surface area contributed by atoms with Gasteiger partial charge in [0.2, 0.25) is 0 Å². The third-order valence-corrected chi connectivity index (χ3v) is 3.59. The highest BCUT2D eigenvalue weighted by Gasteiger charge is 2.31. The molecule has 0 aliphatic carbocycles. The fourth-order valence-corrected chi connectivity index (χ4v) is 2.20. The van der Waals surface area contributed by atoms with Crippen LogP contribution in [-0.2, 0) is 5.41 Å². The number of aryl methyl sites for hydroxylation is 1. The molecule has 0 atom stereocenters. The van der Waals surface area contributed by atoms with E-state index < -0.39 is 5.41 Å². The average molecular weight is 253 g/mol. The second-order valence-corrected chi connectivity index (χ2v) is 5.39. The van der Waals surface area contributed by atoms with Crippen LogP contribution in [0.1, 0.15) is 35.3 Å². The third-order valence-electron chi connectivity index (χ3n) is 3.59. The summed E-state index contributed by atoms with van der Waals surface area (Å²) < 4.78 is 0. The molecule has 0 heterocycles. The molecule has 0 saturated carbocycles. The summed E-state index contributed by atoms with van der Waals surface area (Å²) in [4.78, 5) is 12.7. The molecule has 0 saturated heterocycles. The molecule has 2 aromatic carbocycles. The van der Waals surface area contributed by atoms with E-state index in [4.69, 9.17) is 5.73 Å². The van der Waals surface area contributed by atoms with E-state index in [9.17, 15) is 4.79 Å². The van der Waals surface area contributed by atoms with Crippen molar-refractivity contribution in [3.8, 4) is 0 Å². The number of carbonyl (C=O) groups excluding carboxylic acids is 1. The molecule has 0 amide bonds.